The van der Waals surface area contributed by atoms with E-state index >= 15 is 0 Å². The van der Waals surface area contributed by atoms with E-state index in [4.69, 9.17) is 0 Å². The lowest BCUT2D eigenvalue weighted by atomic mass is 10.1. The molecule has 0 aliphatic carbocycles. The van der Waals surface area contributed by atoms with Gasteiger partial charge in [-0.2, -0.15) is 0 Å². The van der Waals surface area contributed by atoms with Gasteiger partial charge in [-0.1, -0.05) is 30.3 Å². The Balaban J connectivity index is 2.12. The number of aryl methyl sites for hydroxylation is 1. The maximum Gasteiger partial charge on any atom is 0.272 e. The molecule has 0 N–H and O–H groups in total. The van der Waals surface area contributed by atoms with E-state index in [1.54, 1.807) is 24.3 Å². The van der Waals surface area contributed by atoms with Crippen LogP contribution in [0, 0.1) is 15.9 Å². The molecule has 4 nitrogen and oxygen atoms in total. The fourth-order valence-corrected chi connectivity index (χ4v) is 2.98. The number of benzene rings is 2. The predicted molar refractivity (Wildman–Crippen MR) is 74.5 cm³/mol. The average Bonchev–Trinajstić information content (AvgIpc) is 2.45. The summed E-state index contributed by atoms with van der Waals surface area (Å²) in [6.45, 7) is 0. The van der Waals surface area contributed by atoms with Crippen LogP contribution in [-0.2, 0) is 17.2 Å². The Bertz CT molecular complexity index is 660. The first kappa shape index (κ1) is 14.3. The number of rotatable bonds is 5. The zero-order valence-corrected chi connectivity index (χ0v) is 11.3. The van der Waals surface area contributed by atoms with Crippen LogP contribution < -0.4 is 0 Å². The van der Waals surface area contributed by atoms with Crippen molar-refractivity contribution in [2.45, 2.75) is 11.3 Å². The number of hydrogen-bond acceptors (Lipinski definition) is 3. The van der Waals surface area contributed by atoms with Gasteiger partial charge in [0.05, 0.1) is 20.6 Å². The largest absolute Gasteiger partial charge is 0.272 e. The van der Waals surface area contributed by atoms with Crippen molar-refractivity contribution in [3.63, 3.8) is 0 Å². The van der Waals surface area contributed by atoms with Crippen molar-refractivity contribution >= 4 is 16.5 Å². The molecule has 0 aliphatic rings. The SMILES string of the molecule is O=[N+]([O-])c1ccccc1CCS(=O)c1ccccc1F. The summed E-state index contributed by atoms with van der Waals surface area (Å²) in [5, 5.41) is 10.9. The highest BCUT2D eigenvalue weighted by Gasteiger charge is 2.15. The van der Waals surface area contributed by atoms with Crippen molar-refractivity contribution in [2.24, 2.45) is 0 Å². The molecule has 0 bridgehead atoms. The van der Waals surface area contributed by atoms with E-state index in [0.29, 0.717) is 5.56 Å². The maximum atomic E-state index is 13.5. The fourth-order valence-electron chi connectivity index (χ4n) is 1.84. The summed E-state index contributed by atoms with van der Waals surface area (Å²) < 4.78 is 25.5. The zero-order chi connectivity index (χ0) is 14.5. The first-order chi connectivity index (χ1) is 9.59. The Labute approximate surface area is 117 Å². The molecule has 0 aromatic heterocycles. The Morgan fingerprint density at radius 1 is 1.10 bits per heavy atom. The minimum Gasteiger partial charge on any atom is -0.258 e. The molecule has 20 heavy (non-hydrogen) atoms. The Kier molecular flexibility index (Phi) is 4.57. The quantitative estimate of drug-likeness (QED) is 0.628. The third kappa shape index (κ3) is 3.27. The topological polar surface area (TPSA) is 60.2 Å². The van der Waals surface area contributed by atoms with E-state index in [9.17, 15) is 18.7 Å². The lowest BCUT2D eigenvalue weighted by molar-refractivity contribution is -0.385. The van der Waals surface area contributed by atoms with Crippen molar-refractivity contribution in [2.75, 3.05) is 5.75 Å². The van der Waals surface area contributed by atoms with Gasteiger partial charge in [-0.3, -0.25) is 14.3 Å². The second kappa shape index (κ2) is 6.38. The van der Waals surface area contributed by atoms with Crippen molar-refractivity contribution in [1.29, 1.82) is 0 Å². The van der Waals surface area contributed by atoms with E-state index in [-0.39, 0.29) is 22.8 Å². The van der Waals surface area contributed by atoms with Crippen molar-refractivity contribution in [3.8, 4) is 0 Å². The molecule has 0 saturated heterocycles. The molecular weight excluding hydrogens is 281 g/mol. The molecule has 0 aliphatic heterocycles. The summed E-state index contributed by atoms with van der Waals surface area (Å²) in [5.41, 5.74) is 0.500. The van der Waals surface area contributed by atoms with Gasteiger partial charge in [-0.25, -0.2) is 4.39 Å². The fraction of sp³-hybridized carbons (Fsp3) is 0.143. The lowest BCUT2D eigenvalue weighted by Gasteiger charge is -2.04. The minimum atomic E-state index is -1.51. The Morgan fingerprint density at radius 3 is 2.45 bits per heavy atom. The zero-order valence-electron chi connectivity index (χ0n) is 10.5. The highest BCUT2D eigenvalue weighted by Crippen LogP contribution is 2.20. The maximum absolute atomic E-state index is 13.5. The summed E-state index contributed by atoms with van der Waals surface area (Å²) in [4.78, 5) is 10.5. The van der Waals surface area contributed by atoms with Crippen LogP contribution >= 0.6 is 0 Å². The molecule has 0 radical (unpaired) electrons. The molecule has 0 heterocycles. The van der Waals surface area contributed by atoms with Gasteiger partial charge >= 0.3 is 0 Å². The number of nitro benzene ring substituents is 1. The van der Waals surface area contributed by atoms with E-state index in [2.05, 4.69) is 0 Å². The summed E-state index contributed by atoms with van der Waals surface area (Å²) in [6, 6.07) is 12.1. The molecule has 2 rings (SSSR count). The number of nitrogens with zero attached hydrogens (tertiary/aromatic N) is 1. The monoisotopic (exact) mass is 293 g/mol. The summed E-state index contributed by atoms with van der Waals surface area (Å²) in [7, 11) is -1.51. The molecule has 1 atom stereocenters. The van der Waals surface area contributed by atoms with Crippen molar-refractivity contribution in [1.82, 2.24) is 0 Å². The van der Waals surface area contributed by atoms with Gasteiger partial charge in [0.2, 0.25) is 0 Å². The first-order valence-corrected chi connectivity index (χ1v) is 7.26. The molecular formula is C14H12FNO3S. The summed E-state index contributed by atoms with van der Waals surface area (Å²) in [5.74, 6) is -0.375. The molecule has 2 aromatic rings. The normalized spacial score (nSPS) is 12.1. The predicted octanol–water partition coefficient (Wildman–Crippen LogP) is 3.08. The second-order valence-electron chi connectivity index (χ2n) is 4.12. The standard InChI is InChI=1S/C14H12FNO3S/c15-12-6-2-4-8-14(12)20(19)10-9-11-5-1-3-7-13(11)16(17)18/h1-8H,9-10H2. The molecule has 104 valence electrons. The summed E-state index contributed by atoms with van der Waals surface area (Å²) in [6.07, 6.45) is 0.262. The molecule has 1 unspecified atom stereocenters. The Hall–Kier alpha value is -2.08. The van der Waals surface area contributed by atoms with Crippen LogP contribution in [0.25, 0.3) is 0 Å². The molecule has 0 fully saturated rings. The van der Waals surface area contributed by atoms with Crippen LogP contribution in [0.15, 0.2) is 53.4 Å². The van der Waals surface area contributed by atoms with Gasteiger partial charge in [0, 0.05) is 17.4 Å². The van der Waals surface area contributed by atoms with Gasteiger partial charge in [0.1, 0.15) is 5.82 Å². The van der Waals surface area contributed by atoms with Crippen LogP contribution in [-0.4, -0.2) is 14.9 Å². The van der Waals surface area contributed by atoms with E-state index in [1.165, 1.54) is 24.3 Å². The third-order valence-electron chi connectivity index (χ3n) is 2.83. The van der Waals surface area contributed by atoms with E-state index in [0.717, 1.165) is 0 Å². The van der Waals surface area contributed by atoms with Gasteiger partial charge < -0.3 is 0 Å². The second-order valence-corrected chi connectivity index (χ2v) is 5.66. The van der Waals surface area contributed by atoms with Gasteiger partial charge in [0.25, 0.3) is 5.69 Å². The summed E-state index contributed by atoms with van der Waals surface area (Å²) >= 11 is 0. The highest BCUT2D eigenvalue weighted by molar-refractivity contribution is 7.85. The average molecular weight is 293 g/mol. The number of hydrogen-bond donors (Lipinski definition) is 0. The van der Waals surface area contributed by atoms with Gasteiger partial charge in [0.15, 0.2) is 0 Å². The van der Waals surface area contributed by atoms with Crippen molar-refractivity contribution < 1.29 is 13.5 Å². The van der Waals surface area contributed by atoms with Crippen molar-refractivity contribution in [3.05, 3.63) is 70.0 Å². The molecule has 0 amide bonds. The smallest absolute Gasteiger partial charge is 0.258 e. The first-order valence-electron chi connectivity index (χ1n) is 5.95. The number of halogens is 1. The van der Waals surface area contributed by atoms with Crippen LogP contribution in [0.2, 0.25) is 0 Å². The number of nitro groups is 1. The van der Waals surface area contributed by atoms with Gasteiger partial charge in [-0.15, -0.1) is 0 Å². The molecule has 6 heteroatoms. The molecule has 0 spiro atoms. The third-order valence-corrected chi connectivity index (χ3v) is 4.22. The van der Waals surface area contributed by atoms with Crippen LogP contribution in [0.5, 0.6) is 0 Å². The van der Waals surface area contributed by atoms with E-state index in [1.807, 2.05) is 0 Å². The Morgan fingerprint density at radius 2 is 1.75 bits per heavy atom. The highest BCUT2D eigenvalue weighted by atomic mass is 32.2. The molecule has 0 saturated carbocycles. The van der Waals surface area contributed by atoms with Crippen LogP contribution in [0.1, 0.15) is 5.56 Å². The molecule has 2 aromatic carbocycles. The number of para-hydroxylation sites is 1. The lowest BCUT2D eigenvalue weighted by Crippen LogP contribution is -2.05. The van der Waals surface area contributed by atoms with Gasteiger partial charge in [-0.05, 0) is 18.6 Å². The minimum absolute atomic E-state index is 0.00182. The van der Waals surface area contributed by atoms with E-state index < -0.39 is 21.5 Å². The van der Waals surface area contributed by atoms with Crippen LogP contribution in [0.4, 0.5) is 10.1 Å². The van der Waals surface area contributed by atoms with Crippen LogP contribution in [0.3, 0.4) is 0 Å².